The molecule has 0 bridgehead atoms. The predicted octanol–water partition coefficient (Wildman–Crippen LogP) is 4.47. The van der Waals surface area contributed by atoms with E-state index in [0.29, 0.717) is 24.5 Å². The van der Waals surface area contributed by atoms with E-state index < -0.39 is 13.7 Å². The van der Waals surface area contributed by atoms with Gasteiger partial charge in [-0.1, -0.05) is 0 Å². The Morgan fingerprint density at radius 3 is 2.19 bits per heavy atom. The maximum atomic E-state index is 13.1. The van der Waals surface area contributed by atoms with Crippen LogP contribution in [0.25, 0.3) is 0 Å². The lowest BCUT2D eigenvalue weighted by Crippen LogP contribution is -2.31. The van der Waals surface area contributed by atoms with Gasteiger partial charge in [-0.25, -0.2) is 4.57 Å². The van der Waals surface area contributed by atoms with Crippen LogP contribution in [0.3, 0.4) is 0 Å². The lowest BCUT2D eigenvalue weighted by molar-refractivity contribution is -0.141. The van der Waals surface area contributed by atoms with Crippen molar-refractivity contribution in [2.45, 2.75) is 26.2 Å². The summed E-state index contributed by atoms with van der Waals surface area (Å²) in [5.74, 6) is 0.959. The van der Waals surface area contributed by atoms with Crippen molar-refractivity contribution in [2.75, 3.05) is 40.8 Å². The Kier molecular flexibility index (Phi) is 6.76. The van der Waals surface area contributed by atoms with Crippen molar-refractivity contribution in [1.82, 2.24) is 0 Å². The van der Waals surface area contributed by atoms with Gasteiger partial charge in [-0.15, -0.1) is 0 Å². The molecule has 1 fully saturated rings. The number of esters is 1. The third kappa shape index (κ3) is 4.27. The van der Waals surface area contributed by atoms with E-state index in [1.807, 2.05) is 12.1 Å². The number of hydrogen-bond acceptors (Lipinski definition) is 10. The number of methoxy groups -OCH3 is 2. The number of fused-ring (bicyclic) bond motifs is 3. The maximum absolute atomic E-state index is 13.1. The van der Waals surface area contributed by atoms with Gasteiger partial charge in [0.15, 0.2) is 23.0 Å². The molecule has 2 aromatic carbocycles. The SMILES string of the molecule is CCOP(=O)(OCC)Oc1c(OC)cc([C@@H]2c3cc4c(cc3CC3COC(=O)[C@@H]32)OCO4)cc1OC. The van der Waals surface area contributed by atoms with Crippen molar-refractivity contribution >= 4 is 13.8 Å². The molecule has 0 N–H and O–H groups in total. The van der Waals surface area contributed by atoms with Crippen LogP contribution in [-0.2, 0) is 29.6 Å². The van der Waals surface area contributed by atoms with E-state index in [-0.39, 0.29) is 55.1 Å². The van der Waals surface area contributed by atoms with E-state index in [1.165, 1.54) is 14.2 Å². The summed E-state index contributed by atoms with van der Waals surface area (Å²) in [5.41, 5.74) is 2.78. The lowest BCUT2D eigenvalue weighted by Gasteiger charge is -2.34. The first-order valence-electron chi connectivity index (χ1n) is 11.8. The Labute approximate surface area is 209 Å². The van der Waals surface area contributed by atoms with E-state index in [9.17, 15) is 9.36 Å². The van der Waals surface area contributed by atoms with Gasteiger partial charge in [0.2, 0.25) is 12.5 Å². The number of carbonyl (C=O) groups excluding carboxylic acids is 1. The molecule has 36 heavy (non-hydrogen) atoms. The standard InChI is InChI=1S/C25H29O10P/c1-5-33-36(27,34-6-2)35-24-20(28-3)9-15(10-21(24)29-4)22-17-11-19-18(31-13-32-19)8-14(17)7-16-12-30-25(26)23(16)22/h8-11,16,22-23H,5-7,12-13H2,1-4H3/t16?,22-,23+/m1/s1. The highest BCUT2D eigenvalue weighted by atomic mass is 31.2. The summed E-state index contributed by atoms with van der Waals surface area (Å²) < 4.78 is 57.4. The van der Waals surface area contributed by atoms with Gasteiger partial charge < -0.3 is 28.2 Å². The quantitative estimate of drug-likeness (QED) is 0.347. The van der Waals surface area contributed by atoms with Gasteiger partial charge in [-0.3, -0.25) is 13.8 Å². The number of hydrogen-bond donors (Lipinski definition) is 0. The molecule has 3 aliphatic rings. The van der Waals surface area contributed by atoms with Crippen LogP contribution in [0.1, 0.15) is 36.5 Å². The molecule has 0 saturated carbocycles. The van der Waals surface area contributed by atoms with E-state index >= 15 is 0 Å². The minimum atomic E-state index is -3.92. The van der Waals surface area contributed by atoms with Gasteiger partial charge in [-0.2, -0.15) is 0 Å². The highest BCUT2D eigenvalue weighted by Crippen LogP contribution is 2.56. The van der Waals surface area contributed by atoms with E-state index in [0.717, 1.165) is 16.7 Å². The van der Waals surface area contributed by atoms with Gasteiger partial charge in [-0.05, 0) is 61.2 Å². The smallest absolute Gasteiger partial charge is 0.493 e. The minimum absolute atomic E-state index is 0.0133. The summed E-state index contributed by atoms with van der Waals surface area (Å²) in [6.45, 7) is 4.14. The van der Waals surface area contributed by atoms with Gasteiger partial charge in [0, 0.05) is 11.8 Å². The third-order valence-electron chi connectivity index (χ3n) is 6.65. The maximum Gasteiger partial charge on any atom is 0.530 e. The average Bonchev–Trinajstić information content (AvgIpc) is 3.47. The fourth-order valence-electron chi connectivity index (χ4n) is 5.19. The Balaban J connectivity index is 1.63. The van der Waals surface area contributed by atoms with Crippen molar-refractivity contribution in [3.8, 4) is 28.7 Å². The van der Waals surface area contributed by atoms with Crippen LogP contribution in [0.5, 0.6) is 28.7 Å². The molecule has 0 radical (unpaired) electrons. The number of cyclic esters (lactones) is 1. The molecule has 0 spiro atoms. The van der Waals surface area contributed by atoms with Gasteiger partial charge in [0.05, 0.1) is 40.0 Å². The van der Waals surface area contributed by atoms with Crippen molar-refractivity contribution in [2.24, 2.45) is 11.8 Å². The number of rotatable bonds is 9. The monoisotopic (exact) mass is 520 g/mol. The number of carbonyl (C=O) groups is 1. The minimum Gasteiger partial charge on any atom is -0.493 e. The molecule has 2 aromatic rings. The molecule has 10 nitrogen and oxygen atoms in total. The van der Waals surface area contributed by atoms with Gasteiger partial charge >= 0.3 is 13.8 Å². The fraction of sp³-hybridized carbons (Fsp3) is 0.480. The molecular formula is C25H29O10P. The van der Waals surface area contributed by atoms with Crippen LogP contribution >= 0.6 is 7.82 Å². The summed E-state index contributed by atoms with van der Waals surface area (Å²) in [6.07, 6.45) is 0.695. The molecule has 2 aliphatic heterocycles. The van der Waals surface area contributed by atoms with Crippen molar-refractivity contribution in [3.05, 3.63) is 41.0 Å². The summed E-state index contributed by atoms with van der Waals surface area (Å²) in [6, 6.07) is 7.43. The second kappa shape index (κ2) is 9.84. The summed E-state index contributed by atoms with van der Waals surface area (Å²) in [5, 5.41) is 0. The zero-order chi connectivity index (χ0) is 25.4. The number of phosphoric ester groups is 1. The summed E-state index contributed by atoms with van der Waals surface area (Å²) in [4.78, 5) is 12.9. The van der Waals surface area contributed by atoms with Crippen LogP contribution < -0.4 is 23.5 Å². The van der Waals surface area contributed by atoms with Crippen molar-refractivity contribution in [1.29, 1.82) is 0 Å². The Bertz CT molecular complexity index is 1180. The second-order valence-corrected chi connectivity index (χ2v) is 10.2. The predicted molar refractivity (Wildman–Crippen MR) is 127 cm³/mol. The first kappa shape index (κ1) is 24.7. The van der Waals surface area contributed by atoms with Crippen LogP contribution in [-0.4, -0.2) is 46.8 Å². The average molecular weight is 520 g/mol. The largest absolute Gasteiger partial charge is 0.530 e. The first-order valence-corrected chi connectivity index (χ1v) is 13.3. The van der Waals surface area contributed by atoms with Crippen LogP contribution in [0, 0.1) is 11.8 Å². The van der Waals surface area contributed by atoms with E-state index in [1.54, 1.807) is 26.0 Å². The molecule has 1 saturated heterocycles. The number of ether oxygens (including phenoxy) is 5. The topological polar surface area (TPSA) is 108 Å². The normalized spacial score (nSPS) is 22.0. The highest BCUT2D eigenvalue weighted by Gasteiger charge is 2.48. The van der Waals surface area contributed by atoms with E-state index in [4.69, 9.17) is 37.3 Å². The molecule has 3 atom stereocenters. The molecule has 0 aromatic heterocycles. The van der Waals surface area contributed by atoms with Crippen molar-refractivity contribution in [3.63, 3.8) is 0 Å². The molecule has 5 rings (SSSR count). The molecular weight excluding hydrogens is 491 g/mol. The van der Waals surface area contributed by atoms with E-state index in [2.05, 4.69) is 0 Å². The Morgan fingerprint density at radius 1 is 0.944 bits per heavy atom. The zero-order valence-electron chi connectivity index (χ0n) is 20.6. The summed E-state index contributed by atoms with van der Waals surface area (Å²) >= 11 is 0. The molecule has 0 amide bonds. The zero-order valence-corrected chi connectivity index (χ0v) is 21.5. The number of phosphoric acid groups is 1. The van der Waals surface area contributed by atoms with Crippen LogP contribution in [0.2, 0.25) is 0 Å². The van der Waals surface area contributed by atoms with Crippen LogP contribution in [0.15, 0.2) is 24.3 Å². The molecule has 1 aliphatic carbocycles. The molecule has 11 heteroatoms. The third-order valence-corrected chi connectivity index (χ3v) is 8.21. The van der Waals surface area contributed by atoms with Gasteiger partial charge in [0.1, 0.15) is 0 Å². The molecule has 194 valence electrons. The van der Waals surface area contributed by atoms with Crippen molar-refractivity contribution < 1.29 is 46.6 Å². The Hall–Kier alpha value is -2.94. The molecule has 2 heterocycles. The lowest BCUT2D eigenvalue weighted by atomic mass is 9.67. The molecule has 1 unspecified atom stereocenters. The van der Waals surface area contributed by atoms with Crippen LogP contribution in [0.4, 0.5) is 0 Å². The van der Waals surface area contributed by atoms with Gasteiger partial charge in [0.25, 0.3) is 0 Å². The Morgan fingerprint density at radius 2 is 1.58 bits per heavy atom. The highest BCUT2D eigenvalue weighted by molar-refractivity contribution is 7.48. The summed E-state index contributed by atoms with van der Waals surface area (Å²) in [7, 11) is -0.985. The second-order valence-electron chi connectivity index (χ2n) is 8.63. The number of benzene rings is 2. The fourth-order valence-corrected chi connectivity index (χ4v) is 6.41. The first-order chi connectivity index (χ1) is 17.4.